The summed E-state index contributed by atoms with van der Waals surface area (Å²) in [6.45, 7) is 0.382. The second kappa shape index (κ2) is 5.75. The van der Waals surface area contributed by atoms with Crippen molar-refractivity contribution in [1.29, 1.82) is 5.26 Å². The third-order valence-electron chi connectivity index (χ3n) is 2.39. The number of nitriles is 1. The van der Waals surface area contributed by atoms with E-state index in [2.05, 4.69) is 0 Å². The molecule has 0 bridgehead atoms. The summed E-state index contributed by atoms with van der Waals surface area (Å²) in [7, 11) is 3.11. The Morgan fingerprint density at radius 1 is 1.59 bits per heavy atom. The number of anilines is 1. The molecule has 1 amide bonds. The van der Waals surface area contributed by atoms with Gasteiger partial charge in [-0.25, -0.2) is 0 Å². The SMILES string of the molecule is COc1c(N)cccc1C(=O)N(C)CCC#N. The fourth-order valence-electron chi connectivity index (χ4n) is 1.48. The fraction of sp³-hybridized carbons (Fsp3) is 0.333. The van der Waals surface area contributed by atoms with Crippen molar-refractivity contribution in [3.63, 3.8) is 0 Å². The predicted octanol–water partition coefficient (Wildman–Crippen LogP) is 1.26. The van der Waals surface area contributed by atoms with Crippen LogP contribution in [0.2, 0.25) is 0 Å². The van der Waals surface area contributed by atoms with Gasteiger partial charge in [0.1, 0.15) is 0 Å². The van der Waals surface area contributed by atoms with E-state index < -0.39 is 0 Å². The number of hydrogen-bond donors (Lipinski definition) is 1. The highest BCUT2D eigenvalue weighted by molar-refractivity contribution is 5.98. The lowest BCUT2D eigenvalue weighted by molar-refractivity contribution is 0.0795. The van der Waals surface area contributed by atoms with Gasteiger partial charge in [-0.15, -0.1) is 0 Å². The number of carbonyl (C=O) groups is 1. The van der Waals surface area contributed by atoms with Crippen LogP contribution in [0.4, 0.5) is 5.69 Å². The van der Waals surface area contributed by atoms with Gasteiger partial charge in [-0.2, -0.15) is 5.26 Å². The Bertz CT molecular complexity index is 452. The van der Waals surface area contributed by atoms with Gasteiger partial charge in [0.05, 0.1) is 30.9 Å². The lowest BCUT2D eigenvalue weighted by Gasteiger charge is -2.17. The molecule has 0 radical (unpaired) electrons. The molecule has 1 aromatic carbocycles. The van der Waals surface area contributed by atoms with Gasteiger partial charge >= 0.3 is 0 Å². The van der Waals surface area contributed by atoms with Crippen molar-refractivity contribution in [3.8, 4) is 11.8 Å². The molecule has 0 aliphatic rings. The lowest BCUT2D eigenvalue weighted by atomic mass is 10.1. The van der Waals surface area contributed by atoms with E-state index in [9.17, 15) is 4.79 Å². The number of benzene rings is 1. The molecular formula is C12H15N3O2. The summed E-state index contributed by atoms with van der Waals surface area (Å²) >= 11 is 0. The zero-order valence-corrected chi connectivity index (χ0v) is 9.93. The molecule has 90 valence electrons. The van der Waals surface area contributed by atoms with Crippen LogP contribution in [0.1, 0.15) is 16.8 Å². The highest BCUT2D eigenvalue weighted by atomic mass is 16.5. The average molecular weight is 233 g/mol. The van der Waals surface area contributed by atoms with E-state index in [1.807, 2.05) is 6.07 Å². The second-order valence-corrected chi connectivity index (χ2v) is 3.56. The van der Waals surface area contributed by atoms with Crippen molar-refractivity contribution in [1.82, 2.24) is 4.90 Å². The molecule has 0 spiro atoms. The average Bonchev–Trinajstić information content (AvgIpc) is 2.34. The Labute approximate surface area is 100 Å². The Balaban J connectivity index is 2.96. The number of methoxy groups -OCH3 is 1. The van der Waals surface area contributed by atoms with E-state index in [0.29, 0.717) is 30.0 Å². The summed E-state index contributed by atoms with van der Waals surface area (Å²) in [4.78, 5) is 13.5. The molecule has 0 atom stereocenters. The molecule has 0 aromatic heterocycles. The summed E-state index contributed by atoms with van der Waals surface area (Å²) in [5.74, 6) is 0.172. The van der Waals surface area contributed by atoms with E-state index in [0.717, 1.165) is 0 Å². The number of nitrogens with two attached hydrogens (primary N) is 1. The summed E-state index contributed by atoms with van der Waals surface area (Å²) in [5, 5.41) is 8.48. The van der Waals surface area contributed by atoms with Gasteiger partial charge in [0, 0.05) is 13.6 Å². The minimum Gasteiger partial charge on any atom is -0.494 e. The molecule has 0 fully saturated rings. The molecule has 5 heteroatoms. The van der Waals surface area contributed by atoms with Gasteiger partial charge in [0.15, 0.2) is 5.75 Å². The summed E-state index contributed by atoms with van der Waals surface area (Å²) in [6.07, 6.45) is 0.298. The highest BCUT2D eigenvalue weighted by Gasteiger charge is 2.17. The largest absolute Gasteiger partial charge is 0.494 e. The molecule has 0 saturated carbocycles. The maximum absolute atomic E-state index is 12.1. The van der Waals surface area contributed by atoms with Crippen molar-refractivity contribution >= 4 is 11.6 Å². The van der Waals surface area contributed by atoms with Gasteiger partial charge in [0.25, 0.3) is 5.91 Å². The maximum Gasteiger partial charge on any atom is 0.257 e. The number of ether oxygens (including phenoxy) is 1. The van der Waals surface area contributed by atoms with Gasteiger partial charge in [-0.3, -0.25) is 4.79 Å². The van der Waals surface area contributed by atoms with Crippen LogP contribution in [-0.2, 0) is 0 Å². The summed E-state index contributed by atoms with van der Waals surface area (Å²) in [6, 6.07) is 7.02. The van der Waals surface area contributed by atoms with Crippen molar-refractivity contribution in [3.05, 3.63) is 23.8 Å². The molecule has 1 aromatic rings. The van der Waals surface area contributed by atoms with Crippen LogP contribution < -0.4 is 10.5 Å². The van der Waals surface area contributed by atoms with E-state index in [1.54, 1.807) is 25.2 Å². The maximum atomic E-state index is 12.1. The van der Waals surface area contributed by atoms with Crippen molar-refractivity contribution in [2.75, 3.05) is 26.4 Å². The van der Waals surface area contributed by atoms with Gasteiger partial charge in [0.2, 0.25) is 0 Å². The monoisotopic (exact) mass is 233 g/mol. The normalized spacial score (nSPS) is 9.47. The quantitative estimate of drug-likeness (QED) is 0.794. The first-order valence-corrected chi connectivity index (χ1v) is 5.16. The van der Waals surface area contributed by atoms with Crippen LogP contribution in [0.25, 0.3) is 0 Å². The molecule has 0 aliphatic carbocycles. The third kappa shape index (κ3) is 2.88. The first-order chi connectivity index (χ1) is 8.11. The highest BCUT2D eigenvalue weighted by Crippen LogP contribution is 2.26. The zero-order valence-electron chi connectivity index (χ0n) is 9.93. The van der Waals surface area contributed by atoms with Crippen LogP contribution in [0.5, 0.6) is 5.75 Å². The van der Waals surface area contributed by atoms with Crippen molar-refractivity contribution < 1.29 is 9.53 Å². The number of nitrogen functional groups attached to an aromatic ring is 1. The number of carbonyl (C=O) groups excluding carboxylic acids is 1. The Kier molecular flexibility index (Phi) is 4.35. The van der Waals surface area contributed by atoms with Crippen LogP contribution >= 0.6 is 0 Å². The smallest absolute Gasteiger partial charge is 0.257 e. The molecule has 0 unspecified atom stereocenters. The number of rotatable bonds is 4. The molecule has 1 rings (SSSR count). The molecule has 0 heterocycles. The predicted molar refractivity (Wildman–Crippen MR) is 64.6 cm³/mol. The van der Waals surface area contributed by atoms with Crippen molar-refractivity contribution in [2.45, 2.75) is 6.42 Å². The molecule has 17 heavy (non-hydrogen) atoms. The Morgan fingerprint density at radius 2 is 2.29 bits per heavy atom. The minimum absolute atomic E-state index is 0.204. The first kappa shape index (κ1) is 12.8. The molecule has 0 saturated heterocycles. The van der Waals surface area contributed by atoms with Gasteiger partial charge in [-0.05, 0) is 12.1 Å². The Hall–Kier alpha value is -2.22. The van der Waals surface area contributed by atoms with Crippen LogP contribution in [-0.4, -0.2) is 31.5 Å². The topological polar surface area (TPSA) is 79.3 Å². The number of para-hydroxylation sites is 1. The second-order valence-electron chi connectivity index (χ2n) is 3.56. The van der Waals surface area contributed by atoms with E-state index in [-0.39, 0.29) is 5.91 Å². The lowest BCUT2D eigenvalue weighted by Crippen LogP contribution is -2.28. The third-order valence-corrected chi connectivity index (χ3v) is 2.39. The molecule has 5 nitrogen and oxygen atoms in total. The number of amides is 1. The summed E-state index contributed by atoms with van der Waals surface area (Å²) in [5.41, 5.74) is 6.56. The summed E-state index contributed by atoms with van der Waals surface area (Å²) < 4.78 is 5.11. The van der Waals surface area contributed by atoms with Crippen LogP contribution in [0.3, 0.4) is 0 Å². The molecule has 0 aliphatic heterocycles. The first-order valence-electron chi connectivity index (χ1n) is 5.16. The van der Waals surface area contributed by atoms with E-state index >= 15 is 0 Å². The van der Waals surface area contributed by atoms with Crippen LogP contribution in [0, 0.1) is 11.3 Å². The number of nitrogens with zero attached hydrogens (tertiary/aromatic N) is 2. The zero-order chi connectivity index (χ0) is 12.8. The minimum atomic E-state index is -0.204. The van der Waals surface area contributed by atoms with Crippen molar-refractivity contribution in [2.24, 2.45) is 0 Å². The molecule has 2 N–H and O–H groups in total. The standard InChI is InChI=1S/C12H15N3O2/c1-15(8-4-7-13)12(16)9-5-3-6-10(14)11(9)17-2/h3,5-6H,4,8,14H2,1-2H3. The van der Waals surface area contributed by atoms with Gasteiger partial charge in [-0.1, -0.05) is 6.07 Å². The van der Waals surface area contributed by atoms with Crippen LogP contribution in [0.15, 0.2) is 18.2 Å². The van der Waals surface area contributed by atoms with E-state index in [4.69, 9.17) is 15.7 Å². The van der Waals surface area contributed by atoms with E-state index in [1.165, 1.54) is 12.0 Å². The van der Waals surface area contributed by atoms with Gasteiger partial charge < -0.3 is 15.4 Å². The Morgan fingerprint density at radius 3 is 2.88 bits per heavy atom. The molecular weight excluding hydrogens is 218 g/mol. The fourth-order valence-corrected chi connectivity index (χ4v) is 1.48. The number of hydrogen-bond acceptors (Lipinski definition) is 4.